The van der Waals surface area contributed by atoms with Crippen LogP contribution in [-0.4, -0.2) is 46.1 Å². The number of anilines is 3. The van der Waals surface area contributed by atoms with Gasteiger partial charge in [0.2, 0.25) is 12.3 Å². The van der Waals surface area contributed by atoms with Crippen LogP contribution >= 0.6 is 0 Å². The van der Waals surface area contributed by atoms with Crippen molar-refractivity contribution in [2.24, 2.45) is 0 Å². The lowest BCUT2D eigenvalue weighted by Crippen LogP contribution is -2.21. The molecule has 0 saturated carbocycles. The fourth-order valence-corrected chi connectivity index (χ4v) is 3.24. The number of pyridine rings is 2. The number of aromatic nitrogens is 4. The Bertz CT molecular complexity index is 992. The van der Waals surface area contributed by atoms with Crippen LogP contribution in [0.4, 0.5) is 17.3 Å². The van der Waals surface area contributed by atoms with Gasteiger partial charge in [0.05, 0.1) is 18.3 Å². The van der Waals surface area contributed by atoms with E-state index in [2.05, 4.69) is 25.3 Å². The molecule has 3 aromatic heterocycles. The maximum atomic E-state index is 12.1. The number of carbonyl (C=O) groups is 1. The van der Waals surface area contributed by atoms with Crippen molar-refractivity contribution in [2.45, 2.75) is 25.9 Å². The summed E-state index contributed by atoms with van der Waals surface area (Å²) in [4.78, 5) is 29.9. The van der Waals surface area contributed by atoms with Gasteiger partial charge < -0.3 is 19.8 Å². The quantitative estimate of drug-likeness (QED) is 0.658. The van der Waals surface area contributed by atoms with E-state index in [9.17, 15) is 4.79 Å². The lowest BCUT2D eigenvalue weighted by Gasteiger charge is -2.25. The SMILES string of the molecule is CNc1nccc2c1N(C=O)c1ccc(-c3ncc[nH]3)c(n1)OC(C)CCCO2. The van der Waals surface area contributed by atoms with E-state index in [1.165, 1.54) is 4.90 Å². The van der Waals surface area contributed by atoms with Crippen molar-refractivity contribution in [3.8, 4) is 23.0 Å². The maximum absolute atomic E-state index is 12.1. The first-order valence-electron chi connectivity index (χ1n) is 9.42. The zero-order chi connectivity index (χ0) is 20.2. The molecule has 1 unspecified atom stereocenters. The van der Waals surface area contributed by atoms with Crippen molar-refractivity contribution < 1.29 is 14.3 Å². The van der Waals surface area contributed by atoms with Crippen LogP contribution in [0.3, 0.4) is 0 Å². The molecule has 9 heteroatoms. The monoisotopic (exact) mass is 394 g/mol. The van der Waals surface area contributed by atoms with E-state index >= 15 is 0 Å². The van der Waals surface area contributed by atoms with Crippen molar-refractivity contribution in [1.29, 1.82) is 0 Å². The fraction of sp³-hybridized carbons (Fsp3) is 0.300. The molecule has 0 spiro atoms. The minimum atomic E-state index is -0.0797. The van der Waals surface area contributed by atoms with Crippen LogP contribution in [0.25, 0.3) is 11.4 Å². The third-order valence-corrected chi connectivity index (χ3v) is 4.64. The number of hydrogen-bond donors (Lipinski definition) is 2. The van der Waals surface area contributed by atoms with Crippen molar-refractivity contribution >= 4 is 23.7 Å². The van der Waals surface area contributed by atoms with Crippen molar-refractivity contribution in [1.82, 2.24) is 19.9 Å². The molecule has 1 amide bonds. The van der Waals surface area contributed by atoms with E-state index in [0.29, 0.717) is 47.8 Å². The average molecular weight is 394 g/mol. The second-order valence-electron chi connectivity index (χ2n) is 6.61. The highest BCUT2D eigenvalue weighted by Gasteiger charge is 2.23. The van der Waals surface area contributed by atoms with Gasteiger partial charge in [-0.1, -0.05) is 0 Å². The van der Waals surface area contributed by atoms with Crippen LogP contribution in [0.15, 0.2) is 36.8 Å². The first kappa shape index (κ1) is 18.7. The Balaban J connectivity index is 1.89. The number of amides is 1. The molecule has 0 saturated heterocycles. The number of ether oxygens (including phenoxy) is 2. The van der Waals surface area contributed by atoms with Crippen LogP contribution in [-0.2, 0) is 4.79 Å². The fourth-order valence-electron chi connectivity index (χ4n) is 3.24. The van der Waals surface area contributed by atoms with Gasteiger partial charge in [-0.05, 0) is 31.9 Å². The smallest absolute Gasteiger partial charge is 0.226 e. The standard InChI is InChI=1S/C20H22N6O3/c1-13-4-3-11-28-15-7-8-22-19(21-2)17(15)26(12-27)16-6-5-14(20(25-16)29-13)18-23-9-10-24-18/h5-10,12-13H,3-4,11H2,1-2H3,(H,21,22)(H,23,24). The molecule has 2 bridgehead atoms. The number of imidazole rings is 1. The molecule has 0 aliphatic carbocycles. The molecule has 9 nitrogen and oxygen atoms in total. The molecule has 3 aromatic rings. The Morgan fingerprint density at radius 2 is 2.17 bits per heavy atom. The van der Waals surface area contributed by atoms with Crippen molar-refractivity contribution in [3.05, 3.63) is 36.8 Å². The number of H-pyrrole nitrogens is 1. The number of hydrogen-bond acceptors (Lipinski definition) is 7. The lowest BCUT2D eigenvalue weighted by molar-refractivity contribution is -0.106. The second-order valence-corrected chi connectivity index (χ2v) is 6.61. The van der Waals surface area contributed by atoms with Gasteiger partial charge in [-0.3, -0.25) is 9.69 Å². The Morgan fingerprint density at radius 1 is 1.28 bits per heavy atom. The van der Waals surface area contributed by atoms with E-state index in [1.807, 2.05) is 13.0 Å². The third kappa shape index (κ3) is 3.71. The van der Waals surface area contributed by atoms with Gasteiger partial charge in [-0.15, -0.1) is 0 Å². The molecular weight excluding hydrogens is 372 g/mol. The number of nitrogens with zero attached hydrogens (tertiary/aromatic N) is 4. The summed E-state index contributed by atoms with van der Waals surface area (Å²) in [6.45, 7) is 2.48. The normalized spacial score (nSPS) is 16.5. The highest BCUT2D eigenvalue weighted by molar-refractivity contribution is 5.93. The van der Waals surface area contributed by atoms with Gasteiger partial charge in [0.25, 0.3) is 0 Å². The summed E-state index contributed by atoms with van der Waals surface area (Å²) in [6.07, 6.45) is 7.25. The molecule has 29 heavy (non-hydrogen) atoms. The van der Waals surface area contributed by atoms with E-state index in [-0.39, 0.29) is 6.10 Å². The molecule has 0 aromatic carbocycles. The van der Waals surface area contributed by atoms with Gasteiger partial charge in [0, 0.05) is 31.7 Å². The van der Waals surface area contributed by atoms with E-state index in [4.69, 9.17) is 9.47 Å². The summed E-state index contributed by atoms with van der Waals surface area (Å²) in [6, 6.07) is 5.32. The van der Waals surface area contributed by atoms with Crippen LogP contribution in [0.5, 0.6) is 11.6 Å². The summed E-state index contributed by atoms with van der Waals surface area (Å²) < 4.78 is 12.1. The summed E-state index contributed by atoms with van der Waals surface area (Å²) in [7, 11) is 1.74. The van der Waals surface area contributed by atoms with Crippen LogP contribution in [0.2, 0.25) is 0 Å². The highest BCUT2D eigenvalue weighted by Crippen LogP contribution is 2.39. The minimum absolute atomic E-state index is 0.0797. The van der Waals surface area contributed by atoms with Crippen molar-refractivity contribution in [2.75, 3.05) is 23.9 Å². The first-order valence-corrected chi connectivity index (χ1v) is 9.42. The van der Waals surface area contributed by atoms with Crippen LogP contribution in [0, 0.1) is 0 Å². The molecule has 0 radical (unpaired) electrons. The van der Waals surface area contributed by atoms with Crippen LogP contribution < -0.4 is 19.7 Å². The molecule has 4 heterocycles. The number of fused-ring (bicyclic) bond motifs is 3. The minimum Gasteiger partial charge on any atom is -0.491 e. The Labute approximate surface area is 168 Å². The average Bonchev–Trinajstić information content (AvgIpc) is 3.26. The molecule has 0 fully saturated rings. The Hall–Kier alpha value is -3.62. The van der Waals surface area contributed by atoms with Crippen molar-refractivity contribution in [3.63, 3.8) is 0 Å². The zero-order valence-electron chi connectivity index (χ0n) is 16.3. The van der Waals surface area contributed by atoms with E-state index < -0.39 is 0 Å². The first-order chi connectivity index (χ1) is 14.2. The van der Waals surface area contributed by atoms with Gasteiger partial charge in [-0.2, -0.15) is 4.98 Å². The summed E-state index contributed by atoms with van der Waals surface area (Å²) >= 11 is 0. The molecule has 150 valence electrons. The third-order valence-electron chi connectivity index (χ3n) is 4.64. The van der Waals surface area contributed by atoms with Gasteiger partial charge >= 0.3 is 0 Å². The molecule has 1 aliphatic heterocycles. The Morgan fingerprint density at radius 3 is 2.93 bits per heavy atom. The van der Waals surface area contributed by atoms with Gasteiger partial charge in [0.15, 0.2) is 5.82 Å². The van der Waals surface area contributed by atoms with Crippen LogP contribution in [0.1, 0.15) is 19.8 Å². The van der Waals surface area contributed by atoms with Gasteiger partial charge in [-0.25, -0.2) is 9.97 Å². The molecular formula is C20H22N6O3. The molecule has 1 atom stereocenters. The summed E-state index contributed by atoms with van der Waals surface area (Å²) in [5.41, 5.74) is 1.23. The largest absolute Gasteiger partial charge is 0.491 e. The number of aromatic amines is 1. The summed E-state index contributed by atoms with van der Waals surface area (Å²) in [5, 5.41) is 3.01. The van der Waals surface area contributed by atoms with E-state index in [1.54, 1.807) is 37.8 Å². The number of rotatable bonds is 3. The Kier molecular flexibility index (Phi) is 5.28. The second kappa shape index (κ2) is 8.17. The predicted octanol–water partition coefficient (Wildman–Crippen LogP) is 3.14. The number of carbonyl (C=O) groups excluding carboxylic acids is 1. The van der Waals surface area contributed by atoms with E-state index in [0.717, 1.165) is 18.4 Å². The highest BCUT2D eigenvalue weighted by atomic mass is 16.5. The predicted molar refractivity (Wildman–Crippen MR) is 109 cm³/mol. The lowest BCUT2D eigenvalue weighted by atomic mass is 10.2. The number of nitrogens with one attached hydrogen (secondary N) is 2. The maximum Gasteiger partial charge on any atom is 0.226 e. The van der Waals surface area contributed by atoms with Gasteiger partial charge in [0.1, 0.15) is 23.1 Å². The molecule has 2 N–H and O–H groups in total. The molecule has 4 rings (SSSR count). The summed E-state index contributed by atoms with van der Waals surface area (Å²) in [5.74, 6) is 2.53. The molecule has 1 aliphatic rings. The topological polar surface area (TPSA) is 105 Å². The zero-order valence-corrected chi connectivity index (χ0v) is 16.3.